The summed E-state index contributed by atoms with van der Waals surface area (Å²) in [6.45, 7) is 2.04. The Balaban J connectivity index is 1.99. The van der Waals surface area contributed by atoms with Gasteiger partial charge in [0.25, 0.3) is 0 Å². The van der Waals surface area contributed by atoms with Crippen molar-refractivity contribution in [3.8, 4) is 0 Å². The van der Waals surface area contributed by atoms with Crippen LogP contribution < -0.4 is 0 Å². The molecule has 0 fully saturated rings. The van der Waals surface area contributed by atoms with Gasteiger partial charge in [0.15, 0.2) is 5.78 Å². The monoisotopic (exact) mass is 247 g/mol. The maximum atomic E-state index is 11.9. The van der Waals surface area contributed by atoms with Gasteiger partial charge in [-0.2, -0.15) is 0 Å². The van der Waals surface area contributed by atoms with E-state index in [0.29, 0.717) is 11.4 Å². The lowest BCUT2D eigenvalue weighted by Gasteiger charge is -2.02. The molecule has 4 nitrogen and oxygen atoms in total. The van der Waals surface area contributed by atoms with Crippen molar-refractivity contribution in [2.24, 2.45) is 7.05 Å². The minimum atomic E-state index is 0.0454. The molecular formula is C12H13N3OS. The van der Waals surface area contributed by atoms with Crippen molar-refractivity contribution in [3.63, 3.8) is 0 Å². The summed E-state index contributed by atoms with van der Waals surface area (Å²) in [7, 11) is 1.72. The third-order valence-corrected chi connectivity index (χ3v) is 3.35. The number of thioether (sulfide) groups is 1. The maximum Gasteiger partial charge on any atom is 0.192 e. The van der Waals surface area contributed by atoms with Gasteiger partial charge >= 0.3 is 0 Å². The van der Waals surface area contributed by atoms with Crippen LogP contribution in [0.1, 0.15) is 16.1 Å². The molecule has 0 N–H and O–H groups in total. The van der Waals surface area contributed by atoms with Crippen LogP contribution in [0.5, 0.6) is 0 Å². The fraction of sp³-hybridized carbons (Fsp3) is 0.250. The summed E-state index contributed by atoms with van der Waals surface area (Å²) in [5.41, 5.74) is 1.75. The van der Waals surface area contributed by atoms with Crippen molar-refractivity contribution in [1.82, 2.24) is 15.0 Å². The maximum absolute atomic E-state index is 11.9. The average Bonchev–Trinajstić information content (AvgIpc) is 2.72. The molecule has 1 aromatic heterocycles. The highest BCUT2D eigenvalue weighted by Crippen LogP contribution is 2.19. The minimum absolute atomic E-state index is 0.0454. The van der Waals surface area contributed by atoms with Crippen molar-refractivity contribution >= 4 is 17.5 Å². The Morgan fingerprint density at radius 3 is 2.94 bits per heavy atom. The lowest BCUT2D eigenvalue weighted by atomic mass is 10.2. The number of hydrogen-bond acceptors (Lipinski definition) is 4. The van der Waals surface area contributed by atoms with Gasteiger partial charge in [0.05, 0.1) is 11.9 Å². The Morgan fingerprint density at radius 1 is 1.47 bits per heavy atom. The molecule has 17 heavy (non-hydrogen) atoms. The lowest BCUT2D eigenvalue weighted by molar-refractivity contribution is 0.101. The van der Waals surface area contributed by atoms with Crippen LogP contribution in [0.3, 0.4) is 0 Å². The summed E-state index contributed by atoms with van der Waals surface area (Å²) in [5.74, 6) is 0.453. The first-order valence-electron chi connectivity index (χ1n) is 5.24. The van der Waals surface area contributed by atoms with Crippen LogP contribution in [0, 0.1) is 6.92 Å². The molecule has 2 aromatic rings. The first-order valence-corrected chi connectivity index (χ1v) is 6.23. The molecule has 0 radical (unpaired) electrons. The van der Waals surface area contributed by atoms with Gasteiger partial charge in [-0.3, -0.25) is 4.79 Å². The van der Waals surface area contributed by atoms with E-state index in [1.54, 1.807) is 7.05 Å². The number of nitrogens with zero attached hydrogens (tertiary/aromatic N) is 3. The second-order valence-electron chi connectivity index (χ2n) is 3.77. The summed E-state index contributed by atoms with van der Waals surface area (Å²) in [4.78, 5) is 13.0. The van der Waals surface area contributed by atoms with Gasteiger partial charge in [-0.15, -0.1) is 16.9 Å². The molecule has 2 rings (SSSR count). The Bertz CT molecular complexity index is 536. The molecule has 1 aromatic carbocycles. The second kappa shape index (κ2) is 5.14. The number of hydrogen-bond donors (Lipinski definition) is 0. The van der Waals surface area contributed by atoms with E-state index in [0.717, 1.165) is 4.90 Å². The van der Waals surface area contributed by atoms with E-state index in [1.807, 2.05) is 25.1 Å². The normalized spacial score (nSPS) is 10.5. The van der Waals surface area contributed by atoms with Gasteiger partial charge in [0.2, 0.25) is 0 Å². The zero-order valence-corrected chi connectivity index (χ0v) is 10.6. The molecule has 0 bridgehead atoms. The topological polar surface area (TPSA) is 47.8 Å². The van der Waals surface area contributed by atoms with Gasteiger partial charge in [0.1, 0.15) is 5.69 Å². The van der Waals surface area contributed by atoms with Gasteiger partial charge in [-0.25, -0.2) is 4.68 Å². The molecule has 0 aliphatic rings. The van der Waals surface area contributed by atoms with Gasteiger partial charge in [-0.05, 0) is 19.1 Å². The SMILES string of the molecule is Cc1cccc(SCC(=O)c2cnnn2C)c1. The Kier molecular flexibility index (Phi) is 3.58. The van der Waals surface area contributed by atoms with Crippen molar-refractivity contribution in [2.75, 3.05) is 5.75 Å². The molecule has 88 valence electrons. The number of aryl methyl sites for hydroxylation is 2. The van der Waals surface area contributed by atoms with Gasteiger partial charge in [-0.1, -0.05) is 22.9 Å². The van der Waals surface area contributed by atoms with Crippen molar-refractivity contribution in [1.29, 1.82) is 0 Å². The summed E-state index contributed by atoms with van der Waals surface area (Å²) in [6, 6.07) is 8.11. The van der Waals surface area contributed by atoms with E-state index >= 15 is 0 Å². The highest BCUT2D eigenvalue weighted by molar-refractivity contribution is 8.00. The van der Waals surface area contributed by atoms with E-state index in [1.165, 1.54) is 28.2 Å². The Hall–Kier alpha value is -1.62. The molecule has 0 saturated carbocycles. The third kappa shape index (κ3) is 2.94. The zero-order valence-electron chi connectivity index (χ0n) is 9.75. The highest BCUT2D eigenvalue weighted by atomic mass is 32.2. The molecule has 0 aliphatic heterocycles. The van der Waals surface area contributed by atoms with E-state index < -0.39 is 0 Å². The highest BCUT2D eigenvalue weighted by Gasteiger charge is 2.11. The number of benzene rings is 1. The van der Waals surface area contributed by atoms with Crippen LogP contribution in [0.4, 0.5) is 0 Å². The van der Waals surface area contributed by atoms with Crippen LogP contribution in [0.25, 0.3) is 0 Å². The number of ketones is 1. The molecule has 0 saturated heterocycles. The fourth-order valence-corrected chi connectivity index (χ4v) is 2.36. The smallest absolute Gasteiger partial charge is 0.192 e. The molecule has 0 atom stereocenters. The first-order chi connectivity index (χ1) is 8.16. The lowest BCUT2D eigenvalue weighted by Crippen LogP contribution is -2.08. The molecule has 0 unspecified atom stereocenters. The summed E-state index contributed by atoms with van der Waals surface area (Å²) in [5, 5.41) is 7.44. The standard InChI is InChI=1S/C12H13N3OS/c1-9-4-3-5-10(6-9)17-8-12(16)11-7-13-14-15(11)2/h3-7H,8H2,1-2H3. The third-order valence-electron chi connectivity index (χ3n) is 2.36. The molecule has 0 amide bonds. The van der Waals surface area contributed by atoms with Crippen LogP contribution in [-0.2, 0) is 7.05 Å². The second-order valence-corrected chi connectivity index (χ2v) is 4.82. The molecule has 5 heteroatoms. The van der Waals surface area contributed by atoms with E-state index in [4.69, 9.17) is 0 Å². The van der Waals surface area contributed by atoms with Gasteiger partial charge in [0, 0.05) is 11.9 Å². The number of aromatic nitrogens is 3. The fourth-order valence-electron chi connectivity index (χ4n) is 1.47. The van der Waals surface area contributed by atoms with Crippen molar-refractivity contribution < 1.29 is 4.79 Å². The van der Waals surface area contributed by atoms with Crippen LogP contribution >= 0.6 is 11.8 Å². The van der Waals surface area contributed by atoms with E-state index in [2.05, 4.69) is 16.4 Å². The Morgan fingerprint density at radius 2 is 2.29 bits per heavy atom. The molecule has 0 spiro atoms. The predicted octanol–water partition coefficient (Wildman–Crippen LogP) is 2.10. The summed E-state index contributed by atoms with van der Waals surface area (Å²) in [6.07, 6.45) is 1.50. The number of rotatable bonds is 4. The van der Waals surface area contributed by atoms with Crippen molar-refractivity contribution in [2.45, 2.75) is 11.8 Å². The summed E-state index contributed by atoms with van der Waals surface area (Å²) >= 11 is 1.53. The molecule has 1 heterocycles. The predicted molar refractivity (Wildman–Crippen MR) is 67.2 cm³/mol. The van der Waals surface area contributed by atoms with Crippen LogP contribution in [-0.4, -0.2) is 26.5 Å². The van der Waals surface area contributed by atoms with E-state index in [-0.39, 0.29) is 5.78 Å². The summed E-state index contributed by atoms with van der Waals surface area (Å²) < 4.78 is 1.50. The minimum Gasteiger partial charge on any atom is -0.291 e. The van der Waals surface area contributed by atoms with Crippen molar-refractivity contribution in [3.05, 3.63) is 41.7 Å². The largest absolute Gasteiger partial charge is 0.291 e. The van der Waals surface area contributed by atoms with E-state index in [9.17, 15) is 4.79 Å². The number of carbonyl (C=O) groups is 1. The average molecular weight is 247 g/mol. The molecule has 0 aliphatic carbocycles. The van der Waals surface area contributed by atoms with Gasteiger partial charge < -0.3 is 0 Å². The quantitative estimate of drug-likeness (QED) is 0.613. The number of Topliss-reactive ketones (excluding diaryl/α,β-unsaturated/α-hetero) is 1. The van der Waals surface area contributed by atoms with Crippen LogP contribution in [0.15, 0.2) is 35.4 Å². The number of carbonyl (C=O) groups excluding carboxylic acids is 1. The Labute approximate surface area is 104 Å². The molecular weight excluding hydrogens is 234 g/mol. The zero-order chi connectivity index (χ0) is 12.3. The first kappa shape index (κ1) is 11.9. The van der Waals surface area contributed by atoms with Crippen LogP contribution in [0.2, 0.25) is 0 Å².